The number of nitrogens with zero attached hydrogens (tertiary/aromatic N) is 3. The summed E-state index contributed by atoms with van der Waals surface area (Å²) in [7, 11) is 3.41. The van der Waals surface area contributed by atoms with Crippen LogP contribution < -0.4 is 25.0 Å². The zero-order valence-corrected chi connectivity index (χ0v) is 16.9. The van der Waals surface area contributed by atoms with Gasteiger partial charge in [-0.3, -0.25) is 4.99 Å². The van der Waals surface area contributed by atoms with Crippen molar-refractivity contribution in [2.75, 3.05) is 45.3 Å². The summed E-state index contributed by atoms with van der Waals surface area (Å²) in [6, 6.07) is 11.6. The molecule has 1 atom stereocenters. The number of anilines is 1. The number of pyridine rings is 1. The fourth-order valence-electron chi connectivity index (χ4n) is 3.10. The summed E-state index contributed by atoms with van der Waals surface area (Å²) < 4.78 is 10.9. The third-order valence-corrected chi connectivity index (χ3v) is 4.79. The highest BCUT2D eigenvalue weighted by Gasteiger charge is 2.25. The molecule has 2 aromatic rings. The predicted molar refractivity (Wildman–Crippen MR) is 113 cm³/mol. The smallest absolute Gasteiger partial charge is 0.191 e. The second-order valence-corrected chi connectivity index (χ2v) is 6.82. The van der Waals surface area contributed by atoms with Gasteiger partial charge in [-0.2, -0.15) is 0 Å². The topological polar surface area (TPSA) is 71.0 Å². The maximum Gasteiger partial charge on any atom is 0.191 e. The van der Waals surface area contributed by atoms with Crippen LogP contribution in [0.2, 0.25) is 5.02 Å². The minimum Gasteiger partial charge on any atom is -0.497 e. The van der Waals surface area contributed by atoms with Crippen molar-refractivity contribution in [1.82, 2.24) is 15.6 Å². The summed E-state index contributed by atoms with van der Waals surface area (Å²) in [6.45, 7) is 2.90. The maximum atomic E-state index is 6.26. The Kier molecular flexibility index (Phi) is 7.19. The van der Waals surface area contributed by atoms with Crippen molar-refractivity contribution in [2.45, 2.75) is 12.5 Å². The fourth-order valence-corrected chi connectivity index (χ4v) is 3.34. The molecule has 1 fully saturated rings. The Bertz CT molecular complexity index is 802. The van der Waals surface area contributed by atoms with Crippen molar-refractivity contribution in [2.24, 2.45) is 4.99 Å². The normalized spacial score (nSPS) is 16.8. The van der Waals surface area contributed by atoms with Gasteiger partial charge in [-0.25, -0.2) is 4.98 Å². The number of aromatic nitrogens is 1. The van der Waals surface area contributed by atoms with Crippen LogP contribution in [0.5, 0.6) is 11.5 Å². The van der Waals surface area contributed by atoms with Gasteiger partial charge in [-0.15, -0.1) is 0 Å². The van der Waals surface area contributed by atoms with E-state index in [9.17, 15) is 0 Å². The number of aliphatic imine (C=N–C) groups is 1. The van der Waals surface area contributed by atoms with Crippen LogP contribution in [0.4, 0.5) is 5.82 Å². The van der Waals surface area contributed by atoms with Crippen molar-refractivity contribution in [3.63, 3.8) is 0 Å². The Labute approximate surface area is 170 Å². The van der Waals surface area contributed by atoms with Crippen LogP contribution in [-0.2, 0) is 0 Å². The molecule has 0 bridgehead atoms. The van der Waals surface area contributed by atoms with Gasteiger partial charge in [0.05, 0.1) is 18.7 Å². The van der Waals surface area contributed by atoms with Crippen molar-refractivity contribution in [1.29, 1.82) is 0 Å². The molecule has 1 aromatic carbocycles. The number of benzene rings is 1. The Balaban J connectivity index is 1.42. The van der Waals surface area contributed by atoms with E-state index in [0.717, 1.165) is 42.8 Å². The summed E-state index contributed by atoms with van der Waals surface area (Å²) in [4.78, 5) is 10.9. The summed E-state index contributed by atoms with van der Waals surface area (Å²) in [5, 5.41) is 7.42. The molecule has 2 N–H and O–H groups in total. The van der Waals surface area contributed by atoms with Crippen molar-refractivity contribution in [3.8, 4) is 11.5 Å². The van der Waals surface area contributed by atoms with E-state index >= 15 is 0 Å². The molecule has 1 aliphatic rings. The van der Waals surface area contributed by atoms with Gasteiger partial charge < -0.3 is 25.0 Å². The van der Waals surface area contributed by atoms with E-state index < -0.39 is 0 Å². The highest BCUT2D eigenvalue weighted by Crippen LogP contribution is 2.25. The first-order valence-corrected chi connectivity index (χ1v) is 9.67. The molecule has 1 aliphatic heterocycles. The molecule has 2 heterocycles. The average molecular weight is 404 g/mol. The molecule has 1 unspecified atom stereocenters. The molecular formula is C20H26ClN5O2. The minimum absolute atomic E-state index is 0.281. The van der Waals surface area contributed by atoms with E-state index in [4.69, 9.17) is 21.1 Å². The SMILES string of the molecule is CN=C(NCCOc1cccc(OC)c1)NC1CCN(c2ncccc2Cl)C1. The molecular weight excluding hydrogens is 378 g/mol. The lowest BCUT2D eigenvalue weighted by molar-refractivity contribution is 0.318. The van der Waals surface area contributed by atoms with Crippen molar-refractivity contribution >= 4 is 23.4 Å². The monoisotopic (exact) mass is 403 g/mol. The summed E-state index contributed by atoms with van der Waals surface area (Å²) in [5.74, 6) is 3.15. The number of guanidine groups is 1. The highest BCUT2D eigenvalue weighted by atomic mass is 35.5. The van der Waals surface area contributed by atoms with Gasteiger partial charge >= 0.3 is 0 Å². The average Bonchev–Trinajstić information content (AvgIpc) is 3.19. The van der Waals surface area contributed by atoms with Crippen LogP contribution in [0.25, 0.3) is 0 Å². The van der Waals surface area contributed by atoms with E-state index in [-0.39, 0.29) is 6.04 Å². The molecule has 1 saturated heterocycles. The third-order valence-electron chi connectivity index (χ3n) is 4.50. The number of rotatable bonds is 7. The number of hydrogen-bond donors (Lipinski definition) is 2. The van der Waals surface area contributed by atoms with Crippen LogP contribution in [0, 0.1) is 0 Å². The second kappa shape index (κ2) is 10.0. The first-order chi connectivity index (χ1) is 13.7. The lowest BCUT2D eigenvalue weighted by Crippen LogP contribution is -2.45. The first kappa shape index (κ1) is 20.1. The van der Waals surface area contributed by atoms with Gasteiger partial charge in [0, 0.05) is 38.4 Å². The van der Waals surface area contributed by atoms with Gasteiger partial charge in [-0.1, -0.05) is 17.7 Å². The Morgan fingerprint density at radius 1 is 1.32 bits per heavy atom. The molecule has 0 aliphatic carbocycles. The Hall–Kier alpha value is -2.67. The maximum absolute atomic E-state index is 6.26. The summed E-state index contributed by atoms with van der Waals surface area (Å²) in [5.41, 5.74) is 0. The zero-order chi connectivity index (χ0) is 19.8. The van der Waals surface area contributed by atoms with E-state index in [1.807, 2.05) is 36.4 Å². The van der Waals surface area contributed by atoms with Crippen LogP contribution >= 0.6 is 11.6 Å². The van der Waals surface area contributed by atoms with Gasteiger partial charge in [0.2, 0.25) is 0 Å². The van der Waals surface area contributed by atoms with Crippen molar-refractivity contribution in [3.05, 3.63) is 47.6 Å². The van der Waals surface area contributed by atoms with Crippen molar-refractivity contribution < 1.29 is 9.47 Å². The third kappa shape index (κ3) is 5.42. The molecule has 8 heteroatoms. The quantitative estimate of drug-likeness (QED) is 0.420. The summed E-state index contributed by atoms with van der Waals surface area (Å²) in [6.07, 6.45) is 2.76. The molecule has 28 heavy (non-hydrogen) atoms. The van der Waals surface area contributed by atoms with E-state index in [1.54, 1.807) is 20.4 Å². The lowest BCUT2D eigenvalue weighted by Gasteiger charge is -2.20. The molecule has 0 amide bonds. The van der Waals surface area contributed by atoms with Gasteiger partial charge in [-0.05, 0) is 30.7 Å². The molecule has 0 saturated carbocycles. The van der Waals surface area contributed by atoms with Gasteiger partial charge in [0.15, 0.2) is 5.96 Å². The number of ether oxygens (including phenoxy) is 2. The number of halogens is 1. The van der Waals surface area contributed by atoms with Crippen LogP contribution in [-0.4, -0.2) is 57.4 Å². The number of hydrogen-bond acceptors (Lipinski definition) is 5. The van der Waals surface area contributed by atoms with Gasteiger partial charge in [0.25, 0.3) is 0 Å². The number of methoxy groups -OCH3 is 1. The first-order valence-electron chi connectivity index (χ1n) is 9.29. The fraction of sp³-hybridized carbons (Fsp3) is 0.400. The van der Waals surface area contributed by atoms with Gasteiger partial charge in [0.1, 0.15) is 23.9 Å². The number of nitrogens with one attached hydrogen (secondary N) is 2. The highest BCUT2D eigenvalue weighted by molar-refractivity contribution is 6.32. The summed E-state index contributed by atoms with van der Waals surface area (Å²) >= 11 is 6.26. The standard InChI is InChI=1S/C20H26ClN5O2/c1-22-20(24-10-12-28-17-6-3-5-16(13-17)27-2)25-15-8-11-26(14-15)19-18(21)7-4-9-23-19/h3-7,9,13,15H,8,10-12,14H2,1-2H3,(H2,22,24,25). The van der Waals surface area contributed by atoms with Crippen LogP contribution in [0.1, 0.15) is 6.42 Å². The van der Waals surface area contributed by atoms with Crippen LogP contribution in [0.15, 0.2) is 47.6 Å². The van der Waals surface area contributed by atoms with E-state index in [1.165, 1.54) is 0 Å². The Morgan fingerprint density at radius 2 is 2.18 bits per heavy atom. The molecule has 3 rings (SSSR count). The lowest BCUT2D eigenvalue weighted by atomic mass is 10.3. The molecule has 1 aromatic heterocycles. The zero-order valence-electron chi connectivity index (χ0n) is 16.2. The second-order valence-electron chi connectivity index (χ2n) is 6.41. The predicted octanol–water partition coefficient (Wildman–Crippen LogP) is 2.57. The molecule has 0 spiro atoms. The molecule has 0 radical (unpaired) electrons. The molecule has 150 valence electrons. The van der Waals surface area contributed by atoms with E-state index in [0.29, 0.717) is 18.2 Å². The molecule has 7 nitrogen and oxygen atoms in total. The Morgan fingerprint density at radius 3 is 2.96 bits per heavy atom. The van der Waals surface area contributed by atoms with Crippen LogP contribution in [0.3, 0.4) is 0 Å². The largest absolute Gasteiger partial charge is 0.497 e. The van der Waals surface area contributed by atoms with E-state index in [2.05, 4.69) is 25.5 Å². The minimum atomic E-state index is 0.281.